The summed E-state index contributed by atoms with van der Waals surface area (Å²) in [7, 11) is 0. The first kappa shape index (κ1) is 8.67. The first-order chi connectivity index (χ1) is 4.20. The Morgan fingerprint density at radius 1 is 1.89 bits per heavy atom. The van der Waals surface area contributed by atoms with Gasteiger partial charge in [0.25, 0.3) is 0 Å². The summed E-state index contributed by atoms with van der Waals surface area (Å²) in [6, 6.07) is 0. The van der Waals surface area contributed by atoms with Gasteiger partial charge in [-0.15, -0.1) is 12.3 Å². The van der Waals surface area contributed by atoms with Crippen LogP contribution in [0.25, 0.3) is 0 Å². The van der Waals surface area contributed by atoms with E-state index in [1.165, 1.54) is 0 Å². The van der Waals surface area contributed by atoms with E-state index >= 15 is 0 Å². The van der Waals surface area contributed by atoms with Crippen LogP contribution in [-0.4, -0.2) is 14.5 Å². The fourth-order valence-corrected chi connectivity index (χ4v) is 1.11. The third kappa shape index (κ3) is 4.19. The van der Waals surface area contributed by atoms with Crippen LogP contribution in [0.3, 0.4) is 0 Å². The smallest absolute Gasteiger partial charge is 0.0301 e. The topological polar surface area (TPSA) is 40.1 Å². The molecule has 2 atom stereocenters. The van der Waals surface area contributed by atoms with Gasteiger partial charge in [-0.1, -0.05) is 18.0 Å². The first-order valence-corrected chi connectivity index (χ1v) is 3.97. The molecule has 0 aromatic carbocycles. The van der Waals surface area contributed by atoms with Crippen LogP contribution in [0.15, 0.2) is 0 Å². The highest BCUT2D eigenvalue weighted by molar-refractivity contribution is 7.79. The minimum atomic E-state index is -1.99. The van der Waals surface area contributed by atoms with Gasteiger partial charge < -0.3 is 4.55 Å². The summed E-state index contributed by atoms with van der Waals surface area (Å²) in [4.78, 5) is 0. The highest BCUT2D eigenvalue weighted by Crippen LogP contribution is 2.00. The van der Waals surface area contributed by atoms with Crippen molar-refractivity contribution in [1.82, 2.24) is 0 Å². The predicted octanol–water partition coefficient (Wildman–Crippen LogP) is 0.525. The quantitative estimate of drug-likeness (QED) is 0.429. The molecule has 0 aliphatic rings. The van der Waals surface area contributed by atoms with Crippen LogP contribution in [0, 0.1) is 18.3 Å². The van der Waals surface area contributed by atoms with E-state index in [1.54, 1.807) is 0 Å². The molecule has 0 aromatic heterocycles. The fourth-order valence-electron chi connectivity index (χ4n) is 0.448. The van der Waals surface area contributed by atoms with Gasteiger partial charge in [0.15, 0.2) is 0 Å². The van der Waals surface area contributed by atoms with E-state index in [2.05, 4.69) is 5.92 Å². The van der Waals surface area contributed by atoms with Crippen molar-refractivity contribution in [2.24, 2.45) is 5.92 Å². The molecule has 0 aliphatic carbocycles. The molecule has 0 rings (SSSR count). The maximum atomic E-state index is 10.0. The normalized spacial score (nSPS) is 16.1. The van der Waals surface area contributed by atoms with E-state index in [0.717, 1.165) is 6.42 Å². The molecule has 0 saturated heterocycles. The van der Waals surface area contributed by atoms with E-state index in [1.807, 2.05) is 6.92 Å². The number of rotatable bonds is 3. The van der Waals surface area contributed by atoms with Crippen LogP contribution in [-0.2, 0) is 11.1 Å². The molecule has 2 unspecified atom stereocenters. The molecule has 9 heavy (non-hydrogen) atoms. The van der Waals surface area contributed by atoms with Crippen LogP contribution in [0.2, 0.25) is 0 Å². The van der Waals surface area contributed by atoms with E-state index in [-0.39, 0.29) is 11.7 Å². The van der Waals surface area contributed by atoms with Crippen molar-refractivity contribution in [3.8, 4) is 12.3 Å². The number of hydrogen-bond donors (Lipinski definition) is 0. The van der Waals surface area contributed by atoms with Crippen molar-refractivity contribution in [2.75, 3.05) is 5.75 Å². The summed E-state index contributed by atoms with van der Waals surface area (Å²) < 4.78 is 20.1. The lowest BCUT2D eigenvalue weighted by Crippen LogP contribution is -2.07. The highest BCUT2D eigenvalue weighted by atomic mass is 32.2. The summed E-state index contributed by atoms with van der Waals surface area (Å²) in [5.41, 5.74) is 0. The summed E-state index contributed by atoms with van der Waals surface area (Å²) in [6.45, 7) is 1.87. The molecule has 0 N–H and O–H groups in total. The van der Waals surface area contributed by atoms with Gasteiger partial charge in [0, 0.05) is 11.7 Å². The van der Waals surface area contributed by atoms with Crippen LogP contribution < -0.4 is 0 Å². The lowest BCUT2D eigenvalue weighted by molar-refractivity contribution is 0.527. The molecule has 0 bridgehead atoms. The van der Waals surface area contributed by atoms with Crippen LogP contribution >= 0.6 is 0 Å². The number of hydrogen-bond acceptors (Lipinski definition) is 2. The molecule has 0 heterocycles. The maximum absolute atomic E-state index is 10.0. The third-order valence-corrected chi connectivity index (χ3v) is 1.74. The van der Waals surface area contributed by atoms with Crippen molar-refractivity contribution in [3.05, 3.63) is 0 Å². The Labute approximate surface area is 57.9 Å². The molecule has 52 valence electrons. The predicted molar refractivity (Wildman–Crippen MR) is 36.4 cm³/mol. The average molecular weight is 145 g/mol. The second-order valence-corrected chi connectivity index (χ2v) is 2.68. The van der Waals surface area contributed by atoms with Gasteiger partial charge in [0.05, 0.1) is 0 Å². The van der Waals surface area contributed by atoms with E-state index in [0.29, 0.717) is 0 Å². The summed E-state index contributed by atoms with van der Waals surface area (Å²) in [6.07, 6.45) is 5.73. The van der Waals surface area contributed by atoms with Crippen molar-refractivity contribution in [1.29, 1.82) is 0 Å². The van der Waals surface area contributed by atoms with Gasteiger partial charge >= 0.3 is 0 Å². The summed E-state index contributed by atoms with van der Waals surface area (Å²) >= 11 is -1.99. The zero-order valence-electron chi connectivity index (χ0n) is 5.29. The van der Waals surface area contributed by atoms with E-state index < -0.39 is 11.1 Å². The standard InChI is InChI=1S/C6H10O2S/c1-3-6(4-2)5-9(7)8/h1,6H,4-5H2,2H3,(H,7,8)/p-1. The molecule has 0 fully saturated rings. The van der Waals surface area contributed by atoms with Gasteiger partial charge in [-0.2, -0.15) is 0 Å². The highest BCUT2D eigenvalue weighted by Gasteiger charge is 1.99. The minimum Gasteiger partial charge on any atom is -0.772 e. The van der Waals surface area contributed by atoms with E-state index in [4.69, 9.17) is 6.42 Å². The average Bonchev–Trinajstić information content (AvgIpc) is 1.82. The first-order valence-electron chi connectivity index (χ1n) is 2.72. The lowest BCUT2D eigenvalue weighted by Gasteiger charge is -2.08. The Kier molecular flexibility index (Phi) is 4.37. The van der Waals surface area contributed by atoms with Gasteiger partial charge in [-0.25, -0.2) is 0 Å². The summed E-state index contributed by atoms with van der Waals surface area (Å²) in [5, 5.41) is 0. The zero-order chi connectivity index (χ0) is 7.28. The van der Waals surface area contributed by atoms with Gasteiger partial charge in [-0.05, 0) is 6.42 Å². The molecule has 0 amide bonds. The maximum Gasteiger partial charge on any atom is 0.0301 e. The van der Waals surface area contributed by atoms with Gasteiger partial charge in [0.2, 0.25) is 0 Å². The molecule has 3 heteroatoms. The molecule has 0 aliphatic heterocycles. The van der Waals surface area contributed by atoms with Crippen molar-refractivity contribution in [3.63, 3.8) is 0 Å². The van der Waals surface area contributed by atoms with Crippen molar-refractivity contribution in [2.45, 2.75) is 13.3 Å². The summed E-state index contributed by atoms with van der Waals surface area (Å²) in [5.74, 6) is 2.37. The Bertz CT molecular complexity index is 136. The lowest BCUT2D eigenvalue weighted by atomic mass is 10.1. The Morgan fingerprint density at radius 2 is 2.44 bits per heavy atom. The largest absolute Gasteiger partial charge is 0.772 e. The molecule has 0 aromatic rings. The fraction of sp³-hybridized carbons (Fsp3) is 0.667. The molecule has 0 radical (unpaired) electrons. The van der Waals surface area contributed by atoms with Crippen LogP contribution in [0.4, 0.5) is 0 Å². The third-order valence-electron chi connectivity index (χ3n) is 1.07. The Morgan fingerprint density at radius 3 is 2.56 bits per heavy atom. The molecular weight excluding hydrogens is 136 g/mol. The second kappa shape index (κ2) is 4.54. The molecule has 0 saturated carbocycles. The minimum absolute atomic E-state index is 0.0903. The Hall–Kier alpha value is -0.330. The molecular formula is C6H9O2S-. The Balaban J connectivity index is 3.60. The van der Waals surface area contributed by atoms with Crippen LogP contribution in [0.5, 0.6) is 0 Å². The molecule has 2 nitrogen and oxygen atoms in total. The zero-order valence-corrected chi connectivity index (χ0v) is 6.11. The molecule has 0 spiro atoms. The van der Waals surface area contributed by atoms with Crippen molar-refractivity contribution >= 4 is 11.1 Å². The van der Waals surface area contributed by atoms with E-state index in [9.17, 15) is 8.76 Å². The SMILES string of the molecule is C#CC(CC)CS(=O)[O-]. The van der Waals surface area contributed by atoms with Gasteiger partial charge in [-0.3, -0.25) is 4.21 Å². The van der Waals surface area contributed by atoms with Gasteiger partial charge in [0.1, 0.15) is 0 Å². The second-order valence-electron chi connectivity index (χ2n) is 1.74. The number of terminal acetylenes is 1. The monoisotopic (exact) mass is 145 g/mol. The van der Waals surface area contributed by atoms with Crippen LogP contribution in [0.1, 0.15) is 13.3 Å². The van der Waals surface area contributed by atoms with Crippen molar-refractivity contribution < 1.29 is 8.76 Å².